The van der Waals surface area contributed by atoms with Crippen molar-refractivity contribution in [1.29, 1.82) is 0 Å². The summed E-state index contributed by atoms with van der Waals surface area (Å²) in [6, 6.07) is 0. The predicted octanol–water partition coefficient (Wildman–Crippen LogP) is 2.04. The van der Waals surface area contributed by atoms with Gasteiger partial charge in [0, 0.05) is 12.0 Å². The molecule has 5 heteroatoms. The molecular formula is C13H20N2O3. The van der Waals surface area contributed by atoms with Gasteiger partial charge >= 0.3 is 5.97 Å². The monoisotopic (exact) mass is 252 g/mol. The molecule has 0 atom stereocenters. The minimum atomic E-state index is -0.876. The molecule has 0 bridgehead atoms. The lowest BCUT2D eigenvalue weighted by molar-refractivity contribution is -0.138. The number of carboxylic acids is 1. The van der Waals surface area contributed by atoms with Gasteiger partial charge in [-0.25, -0.2) is 4.98 Å². The normalized spacial score (nSPS) is 11.8. The fraction of sp³-hybridized carbons (Fsp3) is 0.538. The molecule has 5 nitrogen and oxygen atoms in total. The fourth-order valence-electron chi connectivity index (χ4n) is 1.48. The summed E-state index contributed by atoms with van der Waals surface area (Å²) in [6.07, 6.45) is 3.36. The van der Waals surface area contributed by atoms with E-state index >= 15 is 0 Å². The minimum Gasteiger partial charge on any atom is -0.480 e. The van der Waals surface area contributed by atoms with Crippen molar-refractivity contribution in [3.8, 4) is 0 Å². The van der Waals surface area contributed by atoms with E-state index in [9.17, 15) is 4.79 Å². The molecule has 1 aromatic heterocycles. The highest BCUT2D eigenvalue weighted by Crippen LogP contribution is 2.23. The lowest BCUT2D eigenvalue weighted by atomic mass is 9.94. The van der Waals surface area contributed by atoms with E-state index in [0.29, 0.717) is 19.0 Å². The third kappa shape index (κ3) is 4.33. The zero-order chi connectivity index (χ0) is 13.8. The lowest BCUT2D eigenvalue weighted by Crippen LogP contribution is -2.29. The molecule has 0 aliphatic heterocycles. The van der Waals surface area contributed by atoms with E-state index in [4.69, 9.17) is 9.52 Å². The van der Waals surface area contributed by atoms with Crippen LogP contribution in [-0.4, -0.2) is 34.0 Å². The van der Waals surface area contributed by atoms with Gasteiger partial charge in [0.25, 0.3) is 0 Å². The zero-order valence-electron chi connectivity index (χ0n) is 11.1. The molecule has 1 rings (SSSR count). The number of aromatic nitrogens is 1. The molecule has 1 N–H and O–H groups in total. The van der Waals surface area contributed by atoms with Crippen LogP contribution in [0.2, 0.25) is 0 Å². The third-order valence-electron chi connectivity index (χ3n) is 2.40. The number of rotatable bonds is 6. The quantitative estimate of drug-likeness (QED) is 0.785. The molecular weight excluding hydrogens is 232 g/mol. The van der Waals surface area contributed by atoms with Gasteiger partial charge < -0.3 is 9.52 Å². The van der Waals surface area contributed by atoms with Gasteiger partial charge in [0.15, 0.2) is 0 Å². The number of carboxylic acid groups (broad SMARTS) is 1. The second-order valence-corrected chi connectivity index (χ2v) is 5.22. The van der Waals surface area contributed by atoms with Crippen molar-refractivity contribution >= 4 is 5.97 Å². The van der Waals surface area contributed by atoms with Crippen LogP contribution in [0.4, 0.5) is 0 Å². The molecule has 0 aliphatic rings. The van der Waals surface area contributed by atoms with Gasteiger partial charge in [-0.2, -0.15) is 0 Å². The van der Waals surface area contributed by atoms with Gasteiger partial charge in [-0.15, -0.1) is 6.58 Å². The summed E-state index contributed by atoms with van der Waals surface area (Å²) in [6.45, 7) is 10.5. The van der Waals surface area contributed by atoms with Crippen LogP contribution in [0.1, 0.15) is 32.4 Å². The Morgan fingerprint density at radius 1 is 1.61 bits per heavy atom. The smallest absolute Gasteiger partial charge is 0.317 e. The highest BCUT2D eigenvalue weighted by Gasteiger charge is 2.20. The minimum absolute atomic E-state index is 0.0563. The van der Waals surface area contributed by atoms with Gasteiger partial charge in [-0.1, -0.05) is 26.8 Å². The first kappa shape index (κ1) is 14.4. The molecule has 0 saturated carbocycles. The first-order valence-corrected chi connectivity index (χ1v) is 5.83. The van der Waals surface area contributed by atoms with E-state index in [1.54, 1.807) is 17.2 Å². The number of aliphatic carboxylic acids is 1. The molecule has 1 aromatic rings. The summed E-state index contributed by atoms with van der Waals surface area (Å²) >= 11 is 0. The Bertz CT molecular complexity index is 418. The molecule has 0 saturated heterocycles. The van der Waals surface area contributed by atoms with Crippen LogP contribution in [0, 0.1) is 0 Å². The van der Waals surface area contributed by atoms with Crippen LogP contribution in [0.15, 0.2) is 23.3 Å². The summed E-state index contributed by atoms with van der Waals surface area (Å²) in [5.41, 5.74) is -0.0959. The number of carbonyl (C=O) groups is 1. The van der Waals surface area contributed by atoms with Crippen LogP contribution in [0.5, 0.6) is 0 Å². The fourth-order valence-corrected chi connectivity index (χ4v) is 1.48. The van der Waals surface area contributed by atoms with Gasteiger partial charge in [-0.05, 0) is 0 Å². The predicted molar refractivity (Wildman–Crippen MR) is 68.3 cm³/mol. The van der Waals surface area contributed by atoms with E-state index in [0.717, 1.165) is 5.76 Å². The first-order chi connectivity index (χ1) is 8.32. The molecule has 100 valence electrons. The molecule has 18 heavy (non-hydrogen) atoms. The molecule has 0 aromatic carbocycles. The Labute approximate surface area is 107 Å². The molecule has 0 aliphatic carbocycles. The van der Waals surface area contributed by atoms with Crippen molar-refractivity contribution in [1.82, 2.24) is 9.88 Å². The Kier molecular flexibility index (Phi) is 4.67. The van der Waals surface area contributed by atoms with Crippen LogP contribution < -0.4 is 0 Å². The molecule has 0 amide bonds. The number of nitrogens with zero attached hydrogens (tertiary/aromatic N) is 2. The number of hydrogen-bond donors (Lipinski definition) is 1. The highest BCUT2D eigenvalue weighted by molar-refractivity contribution is 5.69. The summed E-state index contributed by atoms with van der Waals surface area (Å²) in [4.78, 5) is 16.6. The van der Waals surface area contributed by atoms with Crippen LogP contribution in [-0.2, 0) is 16.8 Å². The second-order valence-electron chi connectivity index (χ2n) is 5.22. The van der Waals surface area contributed by atoms with E-state index in [1.807, 2.05) is 20.8 Å². The Balaban J connectivity index is 2.72. The number of oxazole rings is 1. The largest absolute Gasteiger partial charge is 0.480 e. The molecule has 0 radical (unpaired) electrons. The maximum absolute atomic E-state index is 10.7. The summed E-state index contributed by atoms with van der Waals surface area (Å²) < 4.78 is 5.63. The highest BCUT2D eigenvalue weighted by atomic mass is 16.4. The van der Waals surface area contributed by atoms with Crippen LogP contribution >= 0.6 is 0 Å². The Morgan fingerprint density at radius 2 is 2.28 bits per heavy atom. The van der Waals surface area contributed by atoms with Crippen molar-refractivity contribution in [2.45, 2.75) is 32.7 Å². The van der Waals surface area contributed by atoms with E-state index < -0.39 is 5.97 Å². The summed E-state index contributed by atoms with van der Waals surface area (Å²) in [5.74, 6) is 0.453. The Morgan fingerprint density at radius 3 is 2.72 bits per heavy atom. The van der Waals surface area contributed by atoms with Crippen LogP contribution in [0.25, 0.3) is 0 Å². The summed E-state index contributed by atoms with van der Waals surface area (Å²) in [5, 5.41) is 8.80. The first-order valence-electron chi connectivity index (χ1n) is 5.83. The van der Waals surface area contributed by atoms with Crippen molar-refractivity contribution in [2.75, 3.05) is 13.1 Å². The maximum atomic E-state index is 10.7. The summed E-state index contributed by atoms with van der Waals surface area (Å²) in [7, 11) is 0. The average Bonchev–Trinajstić information content (AvgIpc) is 2.64. The van der Waals surface area contributed by atoms with Crippen LogP contribution in [0.3, 0.4) is 0 Å². The van der Waals surface area contributed by atoms with Crippen molar-refractivity contribution in [2.24, 2.45) is 0 Å². The van der Waals surface area contributed by atoms with E-state index in [2.05, 4.69) is 11.6 Å². The SMILES string of the molecule is C=CCN(CC(=O)O)Cc1ncc(C(C)(C)C)o1. The number of hydrogen-bond acceptors (Lipinski definition) is 4. The topological polar surface area (TPSA) is 66.6 Å². The standard InChI is InChI=1S/C13H20N2O3/c1-5-6-15(9-12(16)17)8-11-14-7-10(18-11)13(2,3)4/h5,7H,1,6,8-9H2,2-4H3,(H,16,17). The van der Waals surface area contributed by atoms with Crippen molar-refractivity contribution < 1.29 is 14.3 Å². The lowest BCUT2D eigenvalue weighted by Gasteiger charge is -2.16. The average molecular weight is 252 g/mol. The Hall–Kier alpha value is -1.62. The maximum Gasteiger partial charge on any atom is 0.317 e. The second kappa shape index (κ2) is 5.82. The molecule has 1 heterocycles. The molecule has 0 fully saturated rings. The van der Waals surface area contributed by atoms with Crippen molar-refractivity contribution in [3.63, 3.8) is 0 Å². The molecule has 0 spiro atoms. The van der Waals surface area contributed by atoms with Gasteiger partial charge in [0.05, 0.1) is 19.3 Å². The van der Waals surface area contributed by atoms with E-state index in [1.165, 1.54) is 0 Å². The third-order valence-corrected chi connectivity index (χ3v) is 2.40. The van der Waals surface area contributed by atoms with Gasteiger partial charge in [0.2, 0.25) is 5.89 Å². The zero-order valence-corrected chi connectivity index (χ0v) is 11.1. The van der Waals surface area contributed by atoms with Gasteiger partial charge in [0.1, 0.15) is 5.76 Å². The van der Waals surface area contributed by atoms with Gasteiger partial charge in [-0.3, -0.25) is 9.69 Å². The molecule has 0 unspecified atom stereocenters. The van der Waals surface area contributed by atoms with Crippen molar-refractivity contribution in [3.05, 3.63) is 30.5 Å². The van der Waals surface area contributed by atoms with E-state index in [-0.39, 0.29) is 12.0 Å².